The Hall–Kier alpha value is -0.540. The second-order valence-corrected chi connectivity index (χ2v) is 7.79. The van der Waals surface area contributed by atoms with Crippen molar-refractivity contribution < 1.29 is 14.6 Å². The molecule has 0 bridgehead atoms. The molecule has 0 spiro atoms. The fourth-order valence-electron chi connectivity index (χ4n) is 3.29. The molecule has 3 heteroatoms. The SMILES string of the molecule is CC=CO[C@@H](CO)COCCCCCCCCCCCCCCCCCC. The van der Waals surface area contributed by atoms with Crippen LogP contribution in [-0.2, 0) is 9.47 Å². The van der Waals surface area contributed by atoms with Crippen LogP contribution in [0.1, 0.15) is 117 Å². The van der Waals surface area contributed by atoms with Gasteiger partial charge < -0.3 is 14.6 Å². The quantitative estimate of drug-likeness (QED) is 0.159. The van der Waals surface area contributed by atoms with Gasteiger partial charge in [-0.3, -0.25) is 0 Å². The average molecular weight is 385 g/mol. The van der Waals surface area contributed by atoms with Crippen LogP contribution >= 0.6 is 0 Å². The second kappa shape index (κ2) is 23.5. The molecule has 0 aliphatic rings. The Morgan fingerprint density at radius 2 is 1.15 bits per heavy atom. The predicted molar refractivity (Wildman–Crippen MR) is 117 cm³/mol. The minimum Gasteiger partial charge on any atom is -0.494 e. The van der Waals surface area contributed by atoms with Crippen molar-refractivity contribution in [1.29, 1.82) is 0 Å². The molecule has 0 aromatic carbocycles. The van der Waals surface area contributed by atoms with Gasteiger partial charge in [0.2, 0.25) is 0 Å². The molecule has 0 saturated heterocycles. The molecule has 1 atom stereocenters. The van der Waals surface area contributed by atoms with Gasteiger partial charge in [-0.1, -0.05) is 109 Å². The van der Waals surface area contributed by atoms with Crippen molar-refractivity contribution in [2.75, 3.05) is 19.8 Å². The number of ether oxygens (including phenoxy) is 2. The van der Waals surface area contributed by atoms with E-state index in [4.69, 9.17) is 14.6 Å². The lowest BCUT2D eigenvalue weighted by molar-refractivity contribution is -0.00340. The zero-order valence-electron chi connectivity index (χ0n) is 18.4. The fourth-order valence-corrected chi connectivity index (χ4v) is 3.29. The Morgan fingerprint density at radius 1 is 0.704 bits per heavy atom. The summed E-state index contributed by atoms with van der Waals surface area (Å²) in [4.78, 5) is 0. The fraction of sp³-hybridized carbons (Fsp3) is 0.917. The van der Waals surface area contributed by atoms with Crippen LogP contribution in [0.3, 0.4) is 0 Å². The summed E-state index contributed by atoms with van der Waals surface area (Å²) >= 11 is 0. The van der Waals surface area contributed by atoms with Gasteiger partial charge in [0.15, 0.2) is 0 Å². The molecule has 0 amide bonds. The van der Waals surface area contributed by atoms with E-state index < -0.39 is 0 Å². The van der Waals surface area contributed by atoms with E-state index in [2.05, 4.69) is 6.92 Å². The Bertz CT molecular complexity index is 291. The van der Waals surface area contributed by atoms with Crippen LogP contribution in [0.2, 0.25) is 0 Å². The van der Waals surface area contributed by atoms with E-state index in [-0.39, 0.29) is 12.7 Å². The third-order valence-corrected chi connectivity index (χ3v) is 5.06. The number of aliphatic hydroxyl groups is 1. The zero-order chi connectivity index (χ0) is 19.8. The molecule has 0 heterocycles. The lowest BCUT2D eigenvalue weighted by Gasteiger charge is -2.14. The normalized spacial score (nSPS) is 12.7. The maximum atomic E-state index is 9.16. The van der Waals surface area contributed by atoms with Crippen molar-refractivity contribution in [3.63, 3.8) is 0 Å². The number of unbranched alkanes of at least 4 members (excludes halogenated alkanes) is 15. The van der Waals surface area contributed by atoms with Gasteiger partial charge in [0.05, 0.1) is 19.5 Å². The van der Waals surface area contributed by atoms with Gasteiger partial charge in [0.1, 0.15) is 6.10 Å². The first-order valence-electron chi connectivity index (χ1n) is 11.8. The maximum absolute atomic E-state index is 9.16. The summed E-state index contributed by atoms with van der Waals surface area (Å²) in [6.07, 6.45) is 25.3. The van der Waals surface area contributed by atoms with E-state index in [0.717, 1.165) is 13.0 Å². The molecule has 0 radical (unpaired) electrons. The van der Waals surface area contributed by atoms with Gasteiger partial charge in [-0.05, 0) is 13.3 Å². The molecule has 0 rings (SSSR count). The molecule has 0 unspecified atom stereocenters. The number of rotatable bonds is 22. The van der Waals surface area contributed by atoms with Crippen molar-refractivity contribution >= 4 is 0 Å². The van der Waals surface area contributed by atoms with E-state index in [9.17, 15) is 0 Å². The maximum Gasteiger partial charge on any atom is 0.144 e. The summed E-state index contributed by atoms with van der Waals surface area (Å²) < 4.78 is 10.9. The molecule has 27 heavy (non-hydrogen) atoms. The Balaban J connectivity index is 3.12. The van der Waals surface area contributed by atoms with Crippen LogP contribution in [-0.4, -0.2) is 31.0 Å². The topological polar surface area (TPSA) is 38.7 Å². The van der Waals surface area contributed by atoms with Crippen molar-refractivity contribution in [2.24, 2.45) is 0 Å². The summed E-state index contributed by atoms with van der Waals surface area (Å²) in [5.74, 6) is 0. The van der Waals surface area contributed by atoms with Crippen LogP contribution in [0, 0.1) is 0 Å². The first kappa shape index (κ1) is 26.5. The first-order chi connectivity index (χ1) is 13.3. The van der Waals surface area contributed by atoms with Crippen LogP contribution in [0.4, 0.5) is 0 Å². The monoisotopic (exact) mass is 384 g/mol. The molecule has 0 aromatic heterocycles. The van der Waals surface area contributed by atoms with Gasteiger partial charge in [-0.25, -0.2) is 0 Å². The van der Waals surface area contributed by atoms with Gasteiger partial charge >= 0.3 is 0 Å². The van der Waals surface area contributed by atoms with Crippen molar-refractivity contribution in [2.45, 2.75) is 123 Å². The first-order valence-corrected chi connectivity index (χ1v) is 11.8. The van der Waals surface area contributed by atoms with E-state index in [0.29, 0.717) is 6.61 Å². The van der Waals surface area contributed by atoms with Crippen LogP contribution in [0.5, 0.6) is 0 Å². The smallest absolute Gasteiger partial charge is 0.144 e. The lowest BCUT2D eigenvalue weighted by Crippen LogP contribution is -2.22. The third kappa shape index (κ3) is 21.6. The minimum absolute atomic E-state index is 0.00327. The molecule has 1 N–H and O–H groups in total. The largest absolute Gasteiger partial charge is 0.494 e. The van der Waals surface area contributed by atoms with Gasteiger partial charge in [0, 0.05) is 6.61 Å². The molecule has 0 aliphatic carbocycles. The summed E-state index contributed by atoms with van der Waals surface area (Å²) in [5, 5.41) is 9.16. The predicted octanol–water partition coefficient (Wildman–Crippen LogP) is 7.18. The number of allylic oxidation sites excluding steroid dienone is 1. The molecule has 3 nitrogen and oxygen atoms in total. The standard InChI is InChI=1S/C24H48O3/c1-3-5-6-7-8-9-10-11-12-13-14-15-16-17-18-19-21-26-23-24(22-25)27-20-4-2/h4,20,24-25H,3,5-19,21-23H2,1-2H3/t24-/m0/s1. The highest BCUT2D eigenvalue weighted by molar-refractivity contribution is 4.68. The molecule has 0 saturated carbocycles. The van der Waals surface area contributed by atoms with Crippen LogP contribution in [0.25, 0.3) is 0 Å². The second-order valence-electron chi connectivity index (χ2n) is 7.79. The highest BCUT2D eigenvalue weighted by Crippen LogP contribution is 2.13. The number of aliphatic hydroxyl groups excluding tert-OH is 1. The zero-order valence-corrected chi connectivity index (χ0v) is 18.4. The Morgan fingerprint density at radius 3 is 1.56 bits per heavy atom. The average Bonchev–Trinajstić information content (AvgIpc) is 2.69. The number of hydrogen-bond acceptors (Lipinski definition) is 3. The molecular formula is C24H48O3. The molecular weight excluding hydrogens is 336 g/mol. The van der Waals surface area contributed by atoms with E-state index >= 15 is 0 Å². The molecule has 162 valence electrons. The van der Waals surface area contributed by atoms with Gasteiger partial charge in [0.25, 0.3) is 0 Å². The summed E-state index contributed by atoms with van der Waals surface area (Å²) in [6.45, 7) is 5.43. The molecule has 0 aromatic rings. The highest BCUT2D eigenvalue weighted by atomic mass is 16.5. The minimum atomic E-state index is -0.234. The van der Waals surface area contributed by atoms with E-state index in [1.54, 1.807) is 6.26 Å². The van der Waals surface area contributed by atoms with Crippen molar-refractivity contribution in [3.05, 3.63) is 12.3 Å². The van der Waals surface area contributed by atoms with Gasteiger partial charge in [-0.15, -0.1) is 0 Å². The molecule has 0 fully saturated rings. The summed E-state index contributed by atoms with van der Waals surface area (Å²) in [6, 6.07) is 0. The van der Waals surface area contributed by atoms with Crippen molar-refractivity contribution in [3.8, 4) is 0 Å². The highest BCUT2D eigenvalue weighted by Gasteiger charge is 2.05. The summed E-state index contributed by atoms with van der Waals surface area (Å²) in [5.41, 5.74) is 0. The lowest BCUT2D eigenvalue weighted by atomic mass is 10.0. The summed E-state index contributed by atoms with van der Waals surface area (Å²) in [7, 11) is 0. The van der Waals surface area contributed by atoms with Gasteiger partial charge in [-0.2, -0.15) is 0 Å². The van der Waals surface area contributed by atoms with Crippen LogP contribution in [0.15, 0.2) is 12.3 Å². The van der Waals surface area contributed by atoms with E-state index in [1.165, 1.54) is 96.3 Å². The van der Waals surface area contributed by atoms with Crippen molar-refractivity contribution in [1.82, 2.24) is 0 Å². The van der Waals surface area contributed by atoms with Crippen LogP contribution < -0.4 is 0 Å². The molecule has 0 aliphatic heterocycles. The number of hydrogen-bond donors (Lipinski definition) is 1. The van der Waals surface area contributed by atoms with E-state index in [1.807, 2.05) is 13.0 Å². The Labute approximate surface area is 169 Å². The third-order valence-electron chi connectivity index (χ3n) is 5.06. The Kier molecular flexibility index (Phi) is 23.0.